The van der Waals surface area contributed by atoms with Gasteiger partial charge in [-0.25, -0.2) is 13.6 Å². The van der Waals surface area contributed by atoms with Crippen LogP contribution in [0.4, 0.5) is 27.8 Å². The maximum Gasteiger partial charge on any atom is 0.417 e. The van der Waals surface area contributed by atoms with Crippen LogP contribution in [0.1, 0.15) is 36.8 Å². The van der Waals surface area contributed by atoms with E-state index in [9.17, 15) is 26.7 Å². The van der Waals surface area contributed by atoms with Crippen molar-refractivity contribution in [3.8, 4) is 17.4 Å². The Morgan fingerprint density at radius 2 is 1.78 bits per heavy atom. The highest BCUT2D eigenvalue weighted by Gasteiger charge is 2.56. The Labute approximate surface area is 212 Å². The maximum absolute atomic E-state index is 14.7. The Morgan fingerprint density at radius 3 is 2.46 bits per heavy atom. The first-order chi connectivity index (χ1) is 17.5. The molecule has 4 heterocycles. The zero-order valence-corrected chi connectivity index (χ0v) is 19.9. The second-order valence-electron chi connectivity index (χ2n) is 9.57. The molecule has 3 aliphatic heterocycles. The highest BCUT2D eigenvalue weighted by atomic mass is 35.5. The number of ether oxygens (including phenoxy) is 2. The van der Waals surface area contributed by atoms with Gasteiger partial charge in [-0.15, -0.1) is 0 Å². The monoisotopic (exact) mass is 539 g/mol. The maximum atomic E-state index is 14.7. The number of fused-ring (bicyclic) bond motifs is 1. The molecule has 194 valence electrons. The molecule has 0 N–H and O–H groups in total. The number of benzene rings is 2. The molecule has 2 saturated heterocycles. The minimum Gasteiger partial charge on any atom is -0.473 e. The molecule has 2 aromatic carbocycles. The first-order valence-electron chi connectivity index (χ1n) is 11.6. The smallest absolute Gasteiger partial charge is 0.417 e. The van der Waals surface area contributed by atoms with E-state index >= 15 is 0 Å². The Morgan fingerprint density at radius 1 is 1.08 bits per heavy atom. The summed E-state index contributed by atoms with van der Waals surface area (Å²) >= 11 is 5.57. The molecule has 0 atom stereocenters. The largest absolute Gasteiger partial charge is 0.473 e. The zero-order valence-electron chi connectivity index (χ0n) is 19.1. The summed E-state index contributed by atoms with van der Waals surface area (Å²) in [4.78, 5) is 18.9. The van der Waals surface area contributed by atoms with Gasteiger partial charge in [-0.2, -0.15) is 18.2 Å². The van der Waals surface area contributed by atoms with Crippen LogP contribution in [-0.4, -0.2) is 21.1 Å². The summed E-state index contributed by atoms with van der Waals surface area (Å²) < 4.78 is 80.9. The molecule has 6 rings (SSSR count). The molecular weight excluding hydrogens is 521 g/mol. The quantitative estimate of drug-likeness (QED) is 0.368. The van der Waals surface area contributed by atoms with Gasteiger partial charge >= 0.3 is 11.9 Å². The predicted octanol–water partition coefficient (Wildman–Crippen LogP) is 6.08. The van der Waals surface area contributed by atoms with Gasteiger partial charge in [-0.05, 0) is 61.6 Å². The van der Waals surface area contributed by atoms with Gasteiger partial charge in [0.25, 0.3) is 0 Å². The van der Waals surface area contributed by atoms with Crippen molar-refractivity contribution in [1.29, 1.82) is 0 Å². The van der Waals surface area contributed by atoms with E-state index in [-0.39, 0.29) is 23.6 Å². The number of alkyl halides is 3. The Bertz CT molecular complexity index is 1440. The van der Waals surface area contributed by atoms with E-state index < -0.39 is 45.6 Å². The fourth-order valence-electron chi connectivity index (χ4n) is 5.73. The van der Waals surface area contributed by atoms with Gasteiger partial charge in [0, 0.05) is 12.1 Å². The van der Waals surface area contributed by atoms with Gasteiger partial charge in [0.2, 0.25) is 5.88 Å². The second-order valence-corrected chi connectivity index (χ2v) is 9.97. The lowest BCUT2D eigenvalue weighted by Gasteiger charge is -2.27. The number of rotatable bonds is 5. The van der Waals surface area contributed by atoms with Crippen LogP contribution in [-0.2, 0) is 19.3 Å². The Balaban J connectivity index is 1.20. The second kappa shape index (κ2) is 8.34. The molecule has 0 unspecified atom stereocenters. The third kappa shape index (κ3) is 4.00. The molecule has 3 aliphatic rings. The van der Waals surface area contributed by atoms with Crippen molar-refractivity contribution >= 4 is 17.4 Å². The summed E-state index contributed by atoms with van der Waals surface area (Å²) in [5, 5.41) is -0.569. The lowest BCUT2D eigenvalue weighted by Crippen LogP contribution is -2.38. The molecule has 0 radical (unpaired) electrons. The highest BCUT2D eigenvalue weighted by Crippen LogP contribution is 2.53. The molecule has 2 bridgehead atoms. The van der Waals surface area contributed by atoms with Crippen LogP contribution in [0.15, 0.2) is 41.2 Å². The number of aromatic nitrogens is 2. The molecule has 0 amide bonds. The van der Waals surface area contributed by atoms with E-state index in [1.54, 1.807) is 10.6 Å². The standard InChI is InChI=1S/C25H19ClF5N3O3/c26-17-2-1-15(9-16(17)25(29,30)31)37-22-18(27)7-13(8-19(22)28)11-36-20-10-21-33(23(35)32-20)12-24-5-3-14(4-6-24)34(21)24/h1-2,7-10,14H,3-6,11-12H2. The predicted molar refractivity (Wildman–Crippen MR) is 123 cm³/mol. The van der Waals surface area contributed by atoms with E-state index in [4.69, 9.17) is 21.1 Å². The summed E-state index contributed by atoms with van der Waals surface area (Å²) in [7, 11) is 0. The van der Waals surface area contributed by atoms with Crippen molar-refractivity contribution < 1.29 is 31.4 Å². The summed E-state index contributed by atoms with van der Waals surface area (Å²) in [6.07, 6.45) is -0.566. The summed E-state index contributed by atoms with van der Waals surface area (Å²) in [6, 6.07) is 6.50. The Hall–Kier alpha value is -3.34. The van der Waals surface area contributed by atoms with Crippen molar-refractivity contribution in [1.82, 2.24) is 9.55 Å². The van der Waals surface area contributed by atoms with Gasteiger partial charge in [-0.3, -0.25) is 4.57 Å². The SMILES string of the molecule is O=c1nc(OCc2cc(F)c(Oc3ccc(Cl)c(C(F)(F)F)c3)c(F)c2)cc2n1CC13CCC(CC1)N23. The zero-order chi connectivity index (χ0) is 26.1. The average Bonchev–Trinajstić information content (AvgIpc) is 3.46. The molecular formula is C25H19ClF5N3O3. The van der Waals surface area contributed by atoms with Crippen LogP contribution >= 0.6 is 11.6 Å². The summed E-state index contributed by atoms with van der Waals surface area (Å²) in [5.74, 6) is -2.80. The number of hydrogen-bond donors (Lipinski definition) is 0. The van der Waals surface area contributed by atoms with Crippen molar-refractivity contribution in [3.63, 3.8) is 0 Å². The van der Waals surface area contributed by atoms with Gasteiger partial charge in [-0.1, -0.05) is 11.6 Å². The molecule has 6 nitrogen and oxygen atoms in total. The highest BCUT2D eigenvalue weighted by molar-refractivity contribution is 6.31. The van der Waals surface area contributed by atoms with Gasteiger partial charge in [0.05, 0.1) is 22.7 Å². The van der Waals surface area contributed by atoms with E-state index in [1.807, 2.05) is 0 Å². The molecule has 12 heteroatoms. The first kappa shape index (κ1) is 24.0. The molecule has 0 aliphatic carbocycles. The minimum absolute atomic E-state index is 0.0375. The normalized spacial score (nSPS) is 21.8. The Kier molecular flexibility index (Phi) is 5.41. The topological polar surface area (TPSA) is 56.6 Å². The molecule has 37 heavy (non-hydrogen) atoms. The third-order valence-corrected chi connectivity index (χ3v) is 7.66. The minimum atomic E-state index is -4.77. The lowest BCUT2D eigenvalue weighted by atomic mass is 9.88. The van der Waals surface area contributed by atoms with Gasteiger partial charge in [0.15, 0.2) is 17.4 Å². The van der Waals surface area contributed by atoms with Crippen molar-refractivity contribution in [2.24, 2.45) is 0 Å². The molecule has 0 spiro atoms. The van der Waals surface area contributed by atoms with Gasteiger partial charge in [0.1, 0.15) is 18.2 Å². The molecule has 1 aromatic heterocycles. The van der Waals surface area contributed by atoms with Crippen LogP contribution in [0.5, 0.6) is 17.4 Å². The fraction of sp³-hybridized carbons (Fsp3) is 0.360. The van der Waals surface area contributed by atoms with Crippen LogP contribution < -0.4 is 20.1 Å². The first-order valence-corrected chi connectivity index (χ1v) is 12.0. The summed E-state index contributed by atoms with van der Waals surface area (Å²) in [5.41, 5.74) is -1.59. The van der Waals surface area contributed by atoms with Crippen molar-refractivity contribution in [3.05, 3.63) is 74.7 Å². The van der Waals surface area contributed by atoms with Crippen LogP contribution in [0, 0.1) is 11.6 Å². The van der Waals surface area contributed by atoms with E-state index in [0.29, 0.717) is 18.7 Å². The summed E-state index contributed by atoms with van der Waals surface area (Å²) in [6.45, 7) is 0.304. The van der Waals surface area contributed by atoms with Crippen LogP contribution in [0.25, 0.3) is 0 Å². The molecule has 0 saturated carbocycles. The molecule has 2 fully saturated rings. The van der Waals surface area contributed by atoms with E-state index in [0.717, 1.165) is 55.8 Å². The van der Waals surface area contributed by atoms with Crippen molar-refractivity contribution in [2.75, 3.05) is 4.90 Å². The fourth-order valence-corrected chi connectivity index (χ4v) is 5.96. The average molecular weight is 540 g/mol. The van der Waals surface area contributed by atoms with Crippen molar-refractivity contribution in [2.45, 2.75) is 56.6 Å². The van der Waals surface area contributed by atoms with Crippen LogP contribution in [0.2, 0.25) is 5.02 Å². The van der Waals surface area contributed by atoms with E-state index in [1.165, 1.54) is 0 Å². The van der Waals surface area contributed by atoms with Gasteiger partial charge < -0.3 is 14.4 Å². The number of anilines is 1. The molecule has 3 aromatic rings. The number of halogens is 6. The number of hydrogen-bond acceptors (Lipinski definition) is 5. The van der Waals surface area contributed by atoms with E-state index in [2.05, 4.69) is 9.88 Å². The lowest BCUT2D eigenvalue weighted by molar-refractivity contribution is -0.137. The third-order valence-electron chi connectivity index (χ3n) is 7.34. The number of nitrogens with zero attached hydrogens (tertiary/aromatic N) is 3. The van der Waals surface area contributed by atoms with Crippen LogP contribution in [0.3, 0.4) is 0 Å².